The summed E-state index contributed by atoms with van der Waals surface area (Å²) in [6.45, 7) is 2.61. The standard InChI is InChI=1S/C11H14N6O2/c1-2-9(18-3-1)10-13-11(19-15-10)8-6-17(16-14-8)7-4-12-5-7/h6-7,9,12H,1-5H2. The van der Waals surface area contributed by atoms with Crippen molar-refractivity contribution in [1.29, 1.82) is 0 Å². The van der Waals surface area contributed by atoms with E-state index in [9.17, 15) is 0 Å². The molecule has 19 heavy (non-hydrogen) atoms. The second-order valence-corrected chi connectivity index (χ2v) is 4.86. The van der Waals surface area contributed by atoms with Crippen molar-refractivity contribution in [1.82, 2.24) is 30.5 Å². The van der Waals surface area contributed by atoms with Crippen molar-refractivity contribution in [2.45, 2.75) is 25.0 Å². The highest BCUT2D eigenvalue weighted by atomic mass is 16.5. The Morgan fingerprint density at radius 1 is 1.37 bits per heavy atom. The lowest BCUT2D eigenvalue weighted by molar-refractivity contribution is 0.103. The van der Waals surface area contributed by atoms with E-state index in [4.69, 9.17) is 9.26 Å². The summed E-state index contributed by atoms with van der Waals surface area (Å²) in [7, 11) is 0. The Morgan fingerprint density at radius 3 is 3.05 bits per heavy atom. The van der Waals surface area contributed by atoms with E-state index in [0.717, 1.165) is 32.5 Å². The van der Waals surface area contributed by atoms with E-state index in [1.807, 2.05) is 10.9 Å². The van der Waals surface area contributed by atoms with Gasteiger partial charge in [0.2, 0.25) is 5.82 Å². The zero-order valence-electron chi connectivity index (χ0n) is 10.3. The molecule has 0 spiro atoms. The summed E-state index contributed by atoms with van der Waals surface area (Å²) >= 11 is 0. The minimum atomic E-state index is -0.0385. The van der Waals surface area contributed by atoms with E-state index in [-0.39, 0.29) is 6.10 Å². The largest absolute Gasteiger partial charge is 0.370 e. The third-order valence-electron chi connectivity index (χ3n) is 3.52. The number of ether oxygens (including phenoxy) is 1. The fourth-order valence-corrected chi connectivity index (χ4v) is 2.26. The molecule has 2 aromatic heterocycles. The van der Waals surface area contributed by atoms with Gasteiger partial charge in [0.15, 0.2) is 5.69 Å². The molecular formula is C11H14N6O2. The van der Waals surface area contributed by atoms with Crippen molar-refractivity contribution in [2.75, 3.05) is 19.7 Å². The molecule has 4 rings (SSSR count). The Hall–Kier alpha value is -1.80. The van der Waals surface area contributed by atoms with E-state index in [1.165, 1.54) is 0 Å². The molecule has 1 unspecified atom stereocenters. The second-order valence-electron chi connectivity index (χ2n) is 4.86. The Labute approximate surface area is 109 Å². The van der Waals surface area contributed by atoms with Crippen molar-refractivity contribution >= 4 is 0 Å². The van der Waals surface area contributed by atoms with E-state index in [2.05, 4.69) is 25.8 Å². The first-order valence-corrected chi connectivity index (χ1v) is 6.48. The van der Waals surface area contributed by atoms with Crippen LogP contribution in [-0.4, -0.2) is 44.8 Å². The molecule has 2 saturated heterocycles. The Bertz CT molecular complexity index is 569. The van der Waals surface area contributed by atoms with Crippen LogP contribution in [0.15, 0.2) is 10.7 Å². The van der Waals surface area contributed by atoms with Gasteiger partial charge in [0, 0.05) is 19.7 Å². The van der Waals surface area contributed by atoms with Crippen molar-refractivity contribution in [3.63, 3.8) is 0 Å². The van der Waals surface area contributed by atoms with Gasteiger partial charge in [0.1, 0.15) is 6.10 Å². The van der Waals surface area contributed by atoms with Crippen molar-refractivity contribution in [2.24, 2.45) is 0 Å². The van der Waals surface area contributed by atoms with Gasteiger partial charge in [0.05, 0.1) is 12.2 Å². The molecule has 0 radical (unpaired) electrons. The average molecular weight is 262 g/mol. The van der Waals surface area contributed by atoms with Gasteiger partial charge in [-0.2, -0.15) is 4.98 Å². The first-order chi connectivity index (χ1) is 9.40. The van der Waals surface area contributed by atoms with E-state index < -0.39 is 0 Å². The molecule has 2 fully saturated rings. The van der Waals surface area contributed by atoms with Gasteiger partial charge in [-0.25, -0.2) is 4.68 Å². The molecule has 8 nitrogen and oxygen atoms in total. The summed E-state index contributed by atoms with van der Waals surface area (Å²) in [5.74, 6) is 1.01. The van der Waals surface area contributed by atoms with Crippen LogP contribution in [0.25, 0.3) is 11.6 Å². The summed E-state index contributed by atoms with van der Waals surface area (Å²) in [5.41, 5.74) is 0.614. The Morgan fingerprint density at radius 2 is 2.32 bits per heavy atom. The Balaban J connectivity index is 1.56. The van der Waals surface area contributed by atoms with Gasteiger partial charge >= 0.3 is 0 Å². The summed E-state index contributed by atoms with van der Waals surface area (Å²) in [6.07, 6.45) is 3.79. The van der Waals surface area contributed by atoms with Crippen LogP contribution in [0.3, 0.4) is 0 Å². The summed E-state index contributed by atoms with van der Waals surface area (Å²) in [4.78, 5) is 4.34. The Kier molecular flexibility index (Phi) is 2.56. The molecule has 0 bridgehead atoms. The highest BCUT2D eigenvalue weighted by molar-refractivity contribution is 5.43. The van der Waals surface area contributed by atoms with E-state index >= 15 is 0 Å². The average Bonchev–Trinajstić information content (AvgIpc) is 3.08. The van der Waals surface area contributed by atoms with Gasteiger partial charge in [-0.15, -0.1) is 5.10 Å². The maximum Gasteiger partial charge on any atom is 0.280 e. The smallest absolute Gasteiger partial charge is 0.280 e. The minimum Gasteiger partial charge on any atom is -0.370 e. The number of hydrogen-bond acceptors (Lipinski definition) is 7. The van der Waals surface area contributed by atoms with E-state index in [1.54, 1.807) is 0 Å². The second kappa shape index (κ2) is 4.39. The molecule has 2 aliphatic heterocycles. The zero-order valence-corrected chi connectivity index (χ0v) is 10.3. The van der Waals surface area contributed by atoms with Gasteiger partial charge in [-0.1, -0.05) is 10.4 Å². The number of aromatic nitrogens is 5. The van der Waals surface area contributed by atoms with Crippen LogP contribution in [-0.2, 0) is 4.74 Å². The predicted octanol–water partition coefficient (Wildman–Crippen LogP) is 0.324. The van der Waals surface area contributed by atoms with Crippen molar-refractivity contribution in [3.05, 3.63) is 12.0 Å². The number of hydrogen-bond donors (Lipinski definition) is 1. The van der Waals surface area contributed by atoms with Crippen molar-refractivity contribution < 1.29 is 9.26 Å². The SMILES string of the molecule is c1c(-c2nc(C3CCCO3)no2)nnn1C1CNC1. The van der Waals surface area contributed by atoms with Gasteiger partial charge in [0.25, 0.3) is 5.89 Å². The van der Waals surface area contributed by atoms with Gasteiger partial charge in [-0.3, -0.25) is 0 Å². The maximum atomic E-state index is 5.52. The lowest BCUT2D eigenvalue weighted by Crippen LogP contribution is -2.43. The molecule has 0 amide bonds. The van der Waals surface area contributed by atoms with Crippen LogP contribution in [0.5, 0.6) is 0 Å². The lowest BCUT2D eigenvalue weighted by Gasteiger charge is -2.26. The van der Waals surface area contributed by atoms with E-state index in [0.29, 0.717) is 23.5 Å². The number of nitrogens with zero attached hydrogens (tertiary/aromatic N) is 5. The first-order valence-electron chi connectivity index (χ1n) is 6.48. The normalized spacial score (nSPS) is 23.7. The molecule has 0 saturated carbocycles. The third kappa shape index (κ3) is 1.92. The van der Waals surface area contributed by atoms with Crippen LogP contribution < -0.4 is 5.32 Å². The quantitative estimate of drug-likeness (QED) is 0.851. The monoisotopic (exact) mass is 262 g/mol. The third-order valence-corrected chi connectivity index (χ3v) is 3.52. The molecule has 1 atom stereocenters. The lowest BCUT2D eigenvalue weighted by atomic mass is 10.2. The molecule has 0 aromatic carbocycles. The van der Waals surface area contributed by atoms with Crippen LogP contribution in [0, 0.1) is 0 Å². The summed E-state index contributed by atoms with van der Waals surface area (Å²) < 4.78 is 12.6. The van der Waals surface area contributed by atoms with Gasteiger partial charge in [-0.05, 0) is 12.8 Å². The fraction of sp³-hybridized carbons (Fsp3) is 0.636. The van der Waals surface area contributed by atoms with Crippen LogP contribution in [0.2, 0.25) is 0 Å². The molecule has 2 aliphatic rings. The highest BCUT2D eigenvalue weighted by Crippen LogP contribution is 2.27. The minimum absolute atomic E-state index is 0.0385. The summed E-state index contributed by atoms with van der Waals surface area (Å²) in [5, 5.41) is 15.3. The first kappa shape index (κ1) is 11.1. The maximum absolute atomic E-state index is 5.52. The van der Waals surface area contributed by atoms with Crippen molar-refractivity contribution in [3.8, 4) is 11.6 Å². The van der Waals surface area contributed by atoms with Crippen LogP contribution in [0.1, 0.15) is 30.8 Å². The number of rotatable bonds is 3. The fourth-order valence-electron chi connectivity index (χ4n) is 2.26. The predicted molar refractivity (Wildman–Crippen MR) is 63.1 cm³/mol. The van der Waals surface area contributed by atoms with Crippen LogP contribution in [0.4, 0.5) is 0 Å². The van der Waals surface area contributed by atoms with Gasteiger partial charge < -0.3 is 14.6 Å². The number of nitrogens with one attached hydrogen (secondary N) is 1. The molecule has 2 aromatic rings. The molecule has 0 aliphatic carbocycles. The summed E-state index contributed by atoms with van der Waals surface area (Å²) in [6, 6.07) is 0.377. The molecular weight excluding hydrogens is 248 g/mol. The zero-order chi connectivity index (χ0) is 12.7. The topological polar surface area (TPSA) is 90.9 Å². The molecule has 8 heteroatoms. The van der Waals surface area contributed by atoms with Crippen LogP contribution >= 0.6 is 0 Å². The molecule has 4 heterocycles. The molecule has 100 valence electrons. The highest BCUT2D eigenvalue weighted by Gasteiger charge is 2.25. The molecule has 1 N–H and O–H groups in total.